The zero-order valence-electron chi connectivity index (χ0n) is 16.1. The second-order valence-electron chi connectivity index (χ2n) is 6.85. The molecule has 0 heterocycles. The Labute approximate surface area is 182 Å². The third-order valence-electron chi connectivity index (χ3n) is 4.89. The van der Waals surface area contributed by atoms with Gasteiger partial charge in [-0.25, -0.2) is 4.79 Å². The highest BCUT2D eigenvalue weighted by molar-refractivity contribution is 6.31. The molecule has 6 heteroatoms. The first-order valence-corrected chi connectivity index (χ1v) is 9.79. The van der Waals surface area contributed by atoms with Crippen LogP contribution in [-0.4, -0.2) is 22.8 Å². The summed E-state index contributed by atoms with van der Waals surface area (Å²) in [6.45, 7) is 0. The summed E-state index contributed by atoms with van der Waals surface area (Å²) < 4.78 is 0. The number of carboxylic acids is 1. The van der Waals surface area contributed by atoms with Crippen molar-refractivity contribution in [2.24, 2.45) is 0 Å². The molecule has 4 aromatic carbocycles. The quantitative estimate of drug-likeness (QED) is 0.400. The number of ketones is 1. The Bertz CT molecular complexity index is 1330. The Morgan fingerprint density at radius 2 is 1.42 bits per heavy atom. The molecule has 4 aromatic rings. The zero-order valence-corrected chi connectivity index (χ0v) is 16.9. The number of anilines is 1. The van der Waals surface area contributed by atoms with Crippen LogP contribution in [0.2, 0.25) is 5.02 Å². The number of hydrogen-bond donors (Lipinski definition) is 2. The van der Waals surface area contributed by atoms with Crippen molar-refractivity contribution in [3.05, 3.63) is 112 Å². The number of hydrogen-bond acceptors (Lipinski definition) is 3. The van der Waals surface area contributed by atoms with Gasteiger partial charge in [0.25, 0.3) is 5.91 Å². The number of amides is 1. The lowest BCUT2D eigenvalue weighted by Gasteiger charge is -2.13. The van der Waals surface area contributed by atoms with Gasteiger partial charge >= 0.3 is 5.97 Å². The number of aromatic carboxylic acids is 1. The van der Waals surface area contributed by atoms with Crippen molar-refractivity contribution < 1.29 is 19.5 Å². The molecule has 31 heavy (non-hydrogen) atoms. The predicted molar refractivity (Wildman–Crippen MR) is 120 cm³/mol. The van der Waals surface area contributed by atoms with Crippen LogP contribution in [0.5, 0.6) is 0 Å². The highest BCUT2D eigenvalue weighted by atomic mass is 35.5. The van der Waals surface area contributed by atoms with E-state index in [4.69, 9.17) is 11.6 Å². The highest BCUT2D eigenvalue weighted by Crippen LogP contribution is 2.27. The van der Waals surface area contributed by atoms with E-state index in [-0.39, 0.29) is 28.2 Å². The molecule has 1 amide bonds. The van der Waals surface area contributed by atoms with Crippen molar-refractivity contribution in [2.75, 3.05) is 5.32 Å². The fourth-order valence-corrected chi connectivity index (χ4v) is 3.63. The summed E-state index contributed by atoms with van der Waals surface area (Å²) in [5.41, 5.74) is 1.21. The van der Waals surface area contributed by atoms with Gasteiger partial charge in [0.2, 0.25) is 0 Å². The standard InChI is InChI=1S/C25H16ClNO4/c26-17-12-13-21(20(14-17)23(28)16-6-2-1-3-7-16)27-24(29)18-10-4-8-15-9-5-11-19(22(15)18)25(30)31/h1-14H,(H,27,29)(H,30,31). The SMILES string of the molecule is O=C(c1ccccc1)c1cc(Cl)ccc1NC(=O)c1cccc2cccc(C(=O)O)c12. The topological polar surface area (TPSA) is 83.5 Å². The van der Waals surface area contributed by atoms with Crippen LogP contribution in [-0.2, 0) is 0 Å². The van der Waals surface area contributed by atoms with E-state index >= 15 is 0 Å². The first-order valence-electron chi connectivity index (χ1n) is 9.41. The maximum atomic E-state index is 13.2. The van der Waals surface area contributed by atoms with Crippen molar-refractivity contribution in [1.29, 1.82) is 0 Å². The smallest absolute Gasteiger partial charge is 0.336 e. The monoisotopic (exact) mass is 429 g/mol. The summed E-state index contributed by atoms with van der Waals surface area (Å²) >= 11 is 6.11. The maximum absolute atomic E-state index is 13.2. The number of nitrogens with one attached hydrogen (secondary N) is 1. The Morgan fingerprint density at radius 1 is 0.742 bits per heavy atom. The van der Waals surface area contributed by atoms with Gasteiger partial charge in [-0.2, -0.15) is 0 Å². The molecule has 0 fully saturated rings. The molecule has 0 aliphatic rings. The summed E-state index contributed by atoms with van der Waals surface area (Å²) in [5.74, 6) is -1.94. The largest absolute Gasteiger partial charge is 0.478 e. The number of carbonyl (C=O) groups excluding carboxylic acids is 2. The first kappa shape index (κ1) is 20.3. The fraction of sp³-hybridized carbons (Fsp3) is 0. The molecule has 0 radical (unpaired) electrons. The minimum absolute atomic E-state index is 0.0277. The van der Waals surface area contributed by atoms with Crippen molar-refractivity contribution in [3.8, 4) is 0 Å². The number of carbonyl (C=O) groups is 3. The van der Waals surface area contributed by atoms with Crippen molar-refractivity contribution in [3.63, 3.8) is 0 Å². The summed E-state index contributed by atoms with van der Waals surface area (Å²) in [6.07, 6.45) is 0. The molecule has 0 bridgehead atoms. The Morgan fingerprint density at radius 3 is 2.10 bits per heavy atom. The van der Waals surface area contributed by atoms with Crippen molar-refractivity contribution >= 4 is 45.7 Å². The van der Waals surface area contributed by atoms with Gasteiger partial charge in [-0.05, 0) is 35.7 Å². The van der Waals surface area contributed by atoms with Gasteiger partial charge in [0.1, 0.15) is 0 Å². The summed E-state index contributed by atoms with van der Waals surface area (Å²) in [4.78, 5) is 37.9. The van der Waals surface area contributed by atoms with Crippen LogP contribution >= 0.6 is 11.6 Å². The van der Waals surface area contributed by atoms with E-state index in [0.717, 1.165) is 0 Å². The third-order valence-corrected chi connectivity index (χ3v) is 5.13. The Balaban J connectivity index is 1.77. The number of halogens is 1. The lowest BCUT2D eigenvalue weighted by molar-refractivity contribution is 0.0698. The van der Waals surface area contributed by atoms with Crippen LogP contribution in [0.1, 0.15) is 36.6 Å². The molecule has 2 N–H and O–H groups in total. The molecule has 0 aliphatic carbocycles. The second kappa shape index (κ2) is 8.42. The van der Waals surface area contributed by atoms with E-state index in [0.29, 0.717) is 21.4 Å². The number of rotatable bonds is 5. The van der Waals surface area contributed by atoms with Gasteiger partial charge in [-0.3, -0.25) is 9.59 Å². The molecular formula is C25H16ClNO4. The molecule has 0 saturated heterocycles. The summed E-state index contributed by atoms with van der Waals surface area (Å²) in [7, 11) is 0. The second-order valence-corrected chi connectivity index (χ2v) is 7.29. The van der Waals surface area contributed by atoms with Gasteiger partial charge in [0.05, 0.1) is 11.3 Å². The molecule has 0 spiro atoms. The van der Waals surface area contributed by atoms with E-state index in [9.17, 15) is 19.5 Å². The summed E-state index contributed by atoms with van der Waals surface area (Å²) in [6, 6.07) is 23.1. The van der Waals surface area contributed by atoms with Crippen LogP contribution in [0.15, 0.2) is 84.9 Å². The lowest BCUT2D eigenvalue weighted by atomic mass is 9.98. The molecule has 0 aromatic heterocycles. The molecule has 0 saturated carbocycles. The van der Waals surface area contributed by atoms with Crippen LogP contribution < -0.4 is 5.32 Å². The average Bonchev–Trinajstić information content (AvgIpc) is 2.79. The first-order chi connectivity index (χ1) is 15.0. The van der Waals surface area contributed by atoms with E-state index in [1.807, 2.05) is 0 Å². The number of benzene rings is 4. The molecule has 4 rings (SSSR count). The maximum Gasteiger partial charge on any atom is 0.336 e. The number of fused-ring (bicyclic) bond motifs is 1. The normalized spacial score (nSPS) is 10.6. The molecular weight excluding hydrogens is 414 g/mol. The molecule has 0 unspecified atom stereocenters. The molecule has 0 atom stereocenters. The Kier molecular flexibility index (Phi) is 5.52. The summed E-state index contributed by atoms with van der Waals surface area (Å²) in [5, 5.41) is 13.6. The molecule has 0 aliphatic heterocycles. The van der Waals surface area contributed by atoms with Crippen molar-refractivity contribution in [2.45, 2.75) is 0 Å². The minimum atomic E-state index is -1.13. The van der Waals surface area contributed by atoms with Gasteiger partial charge in [0.15, 0.2) is 5.78 Å². The van der Waals surface area contributed by atoms with E-state index in [1.165, 1.54) is 12.1 Å². The molecule has 152 valence electrons. The van der Waals surface area contributed by atoms with Crippen LogP contribution in [0.4, 0.5) is 5.69 Å². The van der Waals surface area contributed by atoms with E-state index in [2.05, 4.69) is 5.32 Å². The van der Waals surface area contributed by atoms with Crippen LogP contribution in [0, 0.1) is 0 Å². The van der Waals surface area contributed by atoms with E-state index in [1.54, 1.807) is 72.8 Å². The van der Waals surface area contributed by atoms with Gasteiger partial charge in [-0.1, -0.05) is 66.2 Å². The van der Waals surface area contributed by atoms with Crippen LogP contribution in [0.25, 0.3) is 10.8 Å². The lowest BCUT2D eigenvalue weighted by Crippen LogP contribution is -2.16. The minimum Gasteiger partial charge on any atom is -0.478 e. The highest BCUT2D eigenvalue weighted by Gasteiger charge is 2.20. The van der Waals surface area contributed by atoms with Gasteiger partial charge < -0.3 is 10.4 Å². The Hall–Kier alpha value is -3.96. The van der Waals surface area contributed by atoms with E-state index < -0.39 is 11.9 Å². The number of carboxylic acid groups (broad SMARTS) is 1. The van der Waals surface area contributed by atoms with Crippen LogP contribution in [0.3, 0.4) is 0 Å². The fourth-order valence-electron chi connectivity index (χ4n) is 3.46. The molecule has 5 nitrogen and oxygen atoms in total. The van der Waals surface area contributed by atoms with Gasteiger partial charge in [-0.15, -0.1) is 0 Å². The third kappa shape index (κ3) is 4.04. The van der Waals surface area contributed by atoms with Gasteiger partial charge in [0, 0.05) is 27.1 Å². The average molecular weight is 430 g/mol. The zero-order chi connectivity index (χ0) is 22.0. The van der Waals surface area contributed by atoms with Crippen molar-refractivity contribution in [1.82, 2.24) is 0 Å². The predicted octanol–water partition coefficient (Wildman–Crippen LogP) is 5.67.